The van der Waals surface area contributed by atoms with Crippen molar-refractivity contribution < 1.29 is 38.9 Å². The standard InChI is InChI=1S/C26H27Cl3N8O8/c1-11-30-20-15(8-36-18(39)5-6-19(36)40)32-22(34-23(42)45-10-24(27,28)29)37-9-16(26(43,44)25(20,37)35-11)33-21(41)12-3-2-4-14-13(12)7-17(38)31-14/h2-4,15-16,20,30,35,43-44H,1,5-10H2,(H,31,38)(H,33,41)(H,32,34,42)/t15-,16?,20?,25?/m0/s1. The number of alkyl carbamates (subject to hydrolysis) is 1. The highest BCUT2D eigenvalue weighted by Crippen LogP contribution is 2.45. The Morgan fingerprint density at radius 1 is 1.18 bits per heavy atom. The first-order chi connectivity index (χ1) is 21.1. The molecule has 240 valence electrons. The van der Waals surface area contributed by atoms with Crippen LogP contribution in [0.15, 0.2) is 35.6 Å². The minimum Gasteiger partial charge on any atom is -0.445 e. The van der Waals surface area contributed by atoms with Gasteiger partial charge in [0.25, 0.3) is 5.91 Å². The lowest BCUT2D eigenvalue weighted by molar-refractivity contribution is -0.231. The monoisotopic (exact) mass is 684 g/mol. The number of hydrogen-bond acceptors (Lipinski definition) is 12. The molecule has 0 bridgehead atoms. The Labute approximate surface area is 270 Å². The summed E-state index contributed by atoms with van der Waals surface area (Å²) in [5.74, 6) is -4.80. The van der Waals surface area contributed by atoms with Crippen LogP contribution in [-0.4, -0.2) is 109 Å². The van der Waals surface area contributed by atoms with Crippen LogP contribution in [0.3, 0.4) is 0 Å². The Hall–Kier alpha value is -3.83. The van der Waals surface area contributed by atoms with Crippen molar-refractivity contribution in [2.45, 2.75) is 52.6 Å². The van der Waals surface area contributed by atoms with E-state index >= 15 is 0 Å². The molecule has 5 aliphatic heterocycles. The number of carbonyl (C=O) groups is 5. The highest BCUT2D eigenvalue weighted by atomic mass is 35.6. The molecule has 1 spiro atoms. The first-order valence-electron chi connectivity index (χ1n) is 13.7. The molecule has 45 heavy (non-hydrogen) atoms. The van der Waals surface area contributed by atoms with Crippen LogP contribution in [-0.2, 0) is 25.5 Å². The summed E-state index contributed by atoms with van der Waals surface area (Å²) in [5, 5.41) is 37.5. The van der Waals surface area contributed by atoms with Crippen LogP contribution in [0.2, 0.25) is 0 Å². The first-order valence-corrected chi connectivity index (χ1v) is 14.8. The molecule has 3 unspecified atom stereocenters. The Balaban J connectivity index is 1.35. The van der Waals surface area contributed by atoms with Gasteiger partial charge in [-0.1, -0.05) is 47.4 Å². The van der Waals surface area contributed by atoms with Crippen molar-refractivity contribution in [3.63, 3.8) is 0 Å². The quantitative estimate of drug-likeness (QED) is 0.113. The second-order valence-electron chi connectivity index (χ2n) is 11.1. The maximum Gasteiger partial charge on any atom is 0.414 e. The van der Waals surface area contributed by atoms with Gasteiger partial charge in [-0.2, -0.15) is 0 Å². The van der Waals surface area contributed by atoms with Gasteiger partial charge in [-0.15, -0.1) is 0 Å². The number of benzene rings is 1. The van der Waals surface area contributed by atoms with E-state index in [0.717, 1.165) is 4.90 Å². The van der Waals surface area contributed by atoms with Crippen LogP contribution in [0.5, 0.6) is 0 Å². The van der Waals surface area contributed by atoms with E-state index in [1.807, 2.05) is 0 Å². The Morgan fingerprint density at radius 3 is 2.58 bits per heavy atom. The first kappa shape index (κ1) is 31.2. The molecule has 4 atom stereocenters. The summed E-state index contributed by atoms with van der Waals surface area (Å²) < 4.78 is 3.06. The number of anilines is 1. The number of alkyl halides is 3. The van der Waals surface area contributed by atoms with Crippen molar-refractivity contribution in [1.29, 1.82) is 0 Å². The molecule has 3 fully saturated rings. The average molecular weight is 686 g/mol. The number of fused-ring (bicyclic) bond motifs is 1. The lowest BCUT2D eigenvalue weighted by Crippen LogP contribution is -2.78. The van der Waals surface area contributed by atoms with Crippen molar-refractivity contribution in [2.75, 3.05) is 25.0 Å². The molecule has 5 aliphatic rings. The normalized spacial score (nSPS) is 28.0. The molecule has 19 heteroatoms. The fourth-order valence-corrected chi connectivity index (χ4v) is 6.58. The summed E-state index contributed by atoms with van der Waals surface area (Å²) in [5.41, 5.74) is -0.904. The number of nitrogens with zero attached hydrogens (tertiary/aromatic N) is 3. The van der Waals surface area contributed by atoms with Gasteiger partial charge in [-0.25, -0.2) is 9.79 Å². The highest BCUT2D eigenvalue weighted by Gasteiger charge is 2.74. The Morgan fingerprint density at radius 2 is 1.89 bits per heavy atom. The highest BCUT2D eigenvalue weighted by molar-refractivity contribution is 6.67. The average Bonchev–Trinajstić information content (AvgIpc) is 3.66. The molecular weight excluding hydrogens is 659 g/mol. The van der Waals surface area contributed by atoms with E-state index in [4.69, 9.17) is 39.5 Å². The number of ether oxygens (including phenoxy) is 1. The second kappa shape index (κ2) is 10.9. The minimum absolute atomic E-state index is 0.00635. The van der Waals surface area contributed by atoms with E-state index in [9.17, 15) is 34.2 Å². The molecule has 16 nitrogen and oxygen atoms in total. The number of aliphatic hydroxyl groups is 2. The van der Waals surface area contributed by atoms with Crippen molar-refractivity contribution in [3.8, 4) is 0 Å². The van der Waals surface area contributed by atoms with Crippen LogP contribution in [0.1, 0.15) is 28.8 Å². The van der Waals surface area contributed by atoms with E-state index in [0.29, 0.717) is 11.3 Å². The zero-order valence-corrected chi connectivity index (χ0v) is 25.5. The lowest BCUT2D eigenvalue weighted by atomic mass is 9.85. The van der Waals surface area contributed by atoms with Gasteiger partial charge < -0.3 is 41.1 Å². The Bertz CT molecular complexity index is 1550. The summed E-state index contributed by atoms with van der Waals surface area (Å²) in [4.78, 5) is 70.2. The van der Waals surface area contributed by atoms with E-state index in [-0.39, 0.29) is 55.6 Å². The largest absolute Gasteiger partial charge is 0.445 e. The fraction of sp³-hybridized carbons (Fsp3) is 0.462. The van der Waals surface area contributed by atoms with Crippen LogP contribution < -0.4 is 26.6 Å². The SMILES string of the molecule is C=C1NC2[C@H](CN3C(=O)CCC3=O)N=C(NC(=O)OCC(Cl)(Cl)Cl)N3CC(NC(=O)c4cccc5c4CC(=O)N5)C(O)(O)C23N1. The van der Waals surface area contributed by atoms with Crippen LogP contribution in [0, 0.1) is 0 Å². The fourth-order valence-electron chi connectivity index (χ4n) is 6.42. The van der Waals surface area contributed by atoms with Crippen molar-refractivity contribution in [3.05, 3.63) is 41.7 Å². The number of imide groups is 1. The predicted octanol–water partition coefficient (Wildman–Crippen LogP) is -1.01. The van der Waals surface area contributed by atoms with E-state index in [1.54, 1.807) is 12.1 Å². The molecule has 0 aliphatic carbocycles. The van der Waals surface area contributed by atoms with Gasteiger partial charge in [-0.05, 0) is 17.7 Å². The number of carbonyl (C=O) groups excluding carboxylic acids is 5. The van der Waals surface area contributed by atoms with Gasteiger partial charge in [0.2, 0.25) is 33.3 Å². The number of rotatable bonds is 5. The lowest BCUT2D eigenvalue weighted by Gasteiger charge is -2.49. The smallest absolute Gasteiger partial charge is 0.414 e. The van der Waals surface area contributed by atoms with Crippen molar-refractivity contribution >= 4 is 76.2 Å². The summed E-state index contributed by atoms with van der Waals surface area (Å²) in [6.45, 7) is 2.62. The van der Waals surface area contributed by atoms with E-state index in [1.165, 1.54) is 11.0 Å². The zero-order valence-electron chi connectivity index (χ0n) is 23.2. The molecule has 5 amide bonds. The summed E-state index contributed by atoms with van der Waals surface area (Å²) in [6, 6.07) is 1.16. The third-order valence-corrected chi connectivity index (χ3v) is 8.66. The summed E-state index contributed by atoms with van der Waals surface area (Å²) >= 11 is 17.1. The predicted molar refractivity (Wildman–Crippen MR) is 158 cm³/mol. The molecule has 3 saturated heterocycles. The number of likely N-dealkylation sites (tertiary alicyclic amines) is 1. The van der Waals surface area contributed by atoms with Gasteiger partial charge in [-0.3, -0.25) is 29.4 Å². The number of guanidine groups is 1. The topological polar surface area (TPSA) is 214 Å². The molecule has 0 radical (unpaired) electrons. The molecular formula is C26H27Cl3N8O8. The molecule has 0 aromatic heterocycles. The van der Waals surface area contributed by atoms with Gasteiger partial charge >= 0.3 is 6.09 Å². The van der Waals surface area contributed by atoms with Crippen LogP contribution in [0.25, 0.3) is 0 Å². The van der Waals surface area contributed by atoms with Gasteiger partial charge in [0.15, 0.2) is 5.66 Å². The minimum atomic E-state index is -2.81. The number of amides is 5. The van der Waals surface area contributed by atoms with Gasteiger partial charge in [0.1, 0.15) is 12.6 Å². The van der Waals surface area contributed by atoms with E-state index in [2.05, 4.69) is 38.2 Å². The van der Waals surface area contributed by atoms with Crippen molar-refractivity contribution in [1.82, 2.24) is 31.1 Å². The maximum absolute atomic E-state index is 13.5. The summed E-state index contributed by atoms with van der Waals surface area (Å²) in [7, 11) is 0. The number of nitrogens with one attached hydrogen (secondary N) is 5. The third-order valence-electron chi connectivity index (χ3n) is 8.33. The summed E-state index contributed by atoms with van der Waals surface area (Å²) in [6.07, 6.45) is -1.14. The van der Waals surface area contributed by atoms with Crippen molar-refractivity contribution in [2.24, 2.45) is 4.99 Å². The number of hydrogen-bond donors (Lipinski definition) is 7. The molecule has 1 aromatic rings. The molecule has 0 saturated carbocycles. The second-order valence-corrected chi connectivity index (χ2v) is 13.7. The van der Waals surface area contributed by atoms with E-state index < -0.39 is 63.8 Å². The molecule has 5 heterocycles. The number of aliphatic imine (C=N–C) groups is 1. The van der Waals surface area contributed by atoms with Gasteiger partial charge in [0.05, 0.1) is 30.9 Å². The zero-order chi connectivity index (χ0) is 32.5. The molecule has 6 rings (SSSR count). The van der Waals surface area contributed by atoms with Gasteiger partial charge in [0, 0.05) is 30.6 Å². The molecule has 1 aromatic carbocycles. The molecule has 7 N–H and O–H groups in total. The van der Waals surface area contributed by atoms with Crippen LogP contribution in [0.4, 0.5) is 10.5 Å². The maximum atomic E-state index is 13.5. The van der Waals surface area contributed by atoms with Crippen LogP contribution >= 0.6 is 34.8 Å². The number of halogens is 3. The third kappa shape index (κ3) is 5.29. The Kier molecular flexibility index (Phi) is 7.55.